The van der Waals surface area contributed by atoms with E-state index in [1.165, 1.54) is 49.9 Å². The van der Waals surface area contributed by atoms with Crippen molar-refractivity contribution < 1.29 is 4.92 Å². The second kappa shape index (κ2) is 10.4. The summed E-state index contributed by atoms with van der Waals surface area (Å²) >= 11 is 0. The third kappa shape index (κ3) is 6.36. The summed E-state index contributed by atoms with van der Waals surface area (Å²) in [6, 6.07) is 15.1. The summed E-state index contributed by atoms with van der Waals surface area (Å²) in [6.07, 6.45) is 10.5. The first-order valence-electron chi connectivity index (χ1n) is 9.34. The van der Waals surface area contributed by atoms with Crippen molar-refractivity contribution in [2.75, 3.05) is 18.5 Å². The van der Waals surface area contributed by atoms with E-state index in [4.69, 9.17) is 0 Å². The third-order valence-electron chi connectivity index (χ3n) is 4.50. The van der Waals surface area contributed by atoms with Gasteiger partial charge in [0.05, 0.1) is 4.92 Å². The molecular formula is C22H28N2O2. The molecule has 0 heterocycles. The van der Waals surface area contributed by atoms with Gasteiger partial charge in [0.2, 0.25) is 0 Å². The molecule has 0 spiro atoms. The van der Waals surface area contributed by atoms with Crippen LogP contribution in [0.4, 0.5) is 11.4 Å². The minimum atomic E-state index is -0.382. The molecule has 0 aliphatic carbocycles. The zero-order valence-corrected chi connectivity index (χ0v) is 15.7. The molecule has 138 valence electrons. The number of hydrogen-bond acceptors (Lipinski definition) is 3. The lowest BCUT2D eigenvalue weighted by Gasteiger charge is -2.19. The summed E-state index contributed by atoms with van der Waals surface area (Å²) in [5.41, 5.74) is 3.41. The van der Waals surface area contributed by atoms with E-state index in [-0.39, 0.29) is 10.6 Å². The van der Waals surface area contributed by atoms with E-state index >= 15 is 0 Å². The fraction of sp³-hybridized carbons (Fsp3) is 0.364. The third-order valence-corrected chi connectivity index (χ3v) is 4.50. The van der Waals surface area contributed by atoms with Crippen LogP contribution < -0.4 is 4.90 Å². The van der Waals surface area contributed by atoms with Gasteiger partial charge in [0.1, 0.15) is 0 Å². The molecule has 0 aromatic heterocycles. The van der Waals surface area contributed by atoms with E-state index in [0.29, 0.717) is 0 Å². The first-order valence-corrected chi connectivity index (χ1v) is 9.34. The Morgan fingerprint density at radius 3 is 1.96 bits per heavy atom. The average molecular weight is 352 g/mol. The highest BCUT2D eigenvalue weighted by Gasteiger charge is 2.03. The second-order valence-corrected chi connectivity index (χ2v) is 6.61. The number of nitro groups is 1. The Hall–Kier alpha value is -2.62. The first-order chi connectivity index (χ1) is 12.6. The molecule has 0 saturated heterocycles. The Morgan fingerprint density at radius 1 is 0.885 bits per heavy atom. The maximum atomic E-state index is 10.7. The molecule has 2 aromatic rings. The Morgan fingerprint density at radius 2 is 1.42 bits per heavy atom. The summed E-state index contributed by atoms with van der Waals surface area (Å²) < 4.78 is 0. The predicted octanol–water partition coefficient (Wildman–Crippen LogP) is 6.17. The van der Waals surface area contributed by atoms with Crippen molar-refractivity contribution in [2.24, 2.45) is 0 Å². The molecule has 0 fully saturated rings. The van der Waals surface area contributed by atoms with E-state index in [1.807, 2.05) is 12.2 Å². The summed E-state index contributed by atoms with van der Waals surface area (Å²) in [6.45, 7) is 3.32. The molecule has 2 rings (SSSR count). The van der Waals surface area contributed by atoms with Gasteiger partial charge in [-0.2, -0.15) is 0 Å². The van der Waals surface area contributed by atoms with Gasteiger partial charge in [0.15, 0.2) is 0 Å². The standard InChI is InChI=1S/C22H28N2O2/c1-3-4-5-6-7-18-23(2)21-14-10-19(11-15-21)8-9-20-12-16-22(17-13-20)24(25)26/h8-17H,3-7,18H2,1-2H3. The van der Waals surface area contributed by atoms with Gasteiger partial charge in [-0.25, -0.2) is 0 Å². The lowest BCUT2D eigenvalue weighted by Crippen LogP contribution is -2.18. The minimum absolute atomic E-state index is 0.115. The molecule has 0 atom stereocenters. The van der Waals surface area contributed by atoms with Gasteiger partial charge in [-0.1, -0.05) is 56.9 Å². The number of rotatable bonds is 10. The molecule has 0 saturated carbocycles. The molecular weight excluding hydrogens is 324 g/mol. The van der Waals surface area contributed by atoms with Crippen LogP contribution in [0.15, 0.2) is 48.5 Å². The fourth-order valence-electron chi connectivity index (χ4n) is 2.82. The van der Waals surface area contributed by atoms with Crippen molar-refractivity contribution in [3.8, 4) is 0 Å². The van der Waals surface area contributed by atoms with Crippen LogP contribution in [0.1, 0.15) is 50.2 Å². The van der Waals surface area contributed by atoms with Crippen molar-refractivity contribution in [1.82, 2.24) is 0 Å². The largest absolute Gasteiger partial charge is 0.375 e. The van der Waals surface area contributed by atoms with E-state index in [9.17, 15) is 10.1 Å². The fourth-order valence-corrected chi connectivity index (χ4v) is 2.82. The van der Waals surface area contributed by atoms with Crippen LogP contribution in [-0.4, -0.2) is 18.5 Å². The van der Waals surface area contributed by atoms with Gasteiger partial charge < -0.3 is 4.90 Å². The number of nitro benzene ring substituents is 1. The number of benzene rings is 2. The van der Waals surface area contributed by atoms with Gasteiger partial charge in [0, 0.05) is 31.4 Å². The Kier molecular flexibility index (Phi) is 7.87. The van der Waals surface area contributed by atoms with Crippen LogP contribution in [-0.2, 0) is 0 Å². The average Bonchev–Trinajstić information content (AvgIpc) is 2.66. The molecule has 0 unspecified atom stereocenters. The van der Waals surface area contributed by atoms with Crippen LogP contribution in [0.25, 0.3) is 12.2 Å². The zero-order valence-electron chi connectivity index (χ0n) is 15.7. The number of hydrogen-bond donors (Lipinski definition) is 0. The molecule has 0 bridgehead atoms. The van der Waals surface area contributed by atoms with Crippen LogP contribution >= 0.6 is 0 Å². The van der Waals surface area contributed by atoms with Crippen LogP contribution in [0.3, 0.4) is 0 Å². The highest BCUT2D eigenvalue weighted by molar-refractivity contribution is 5.70. The topological polar surface area (TPSA) is 46.4 Å². The number of nitrogens with zero attached hydrogens (tertiary/aromatic N) is 2. The van der Waals surface area contributed by atoms with E-state index < -0.39 is 0 Å². The summed E-state index contributed by atoms with van der Waals surface area (Å²) in [5, 5.41) is 10.7. The van der Waals surface area contributed by atoms with E-state index in [0.717, 1.165) is 17.7 Å². The molecule has 0 radical (unpaired) electrons. The zero-order chi connectivity index (χ0) is 18.8. The maximum absolute atomic E-state index is 10.7. The Balaban J connectivity index is 1.87. The normalized spacial score (nSPS) is 11.0. The quantitative estimate of drug-likeness (QED) is 0.222. The van der Waals surface area contributed by atoms with Crippen LogP contribution in [0.5, 0.6) is 0 Å². The van der Waals surface area contributed by atoms with Gasteiger partial charge in [0.25, 0.3) is 5.69 Å². The van der Waals surface area contributed by atoms with E-state index in [2.05, 4.69) is 43.1 Å². The number of anilines is 1. The van der Waals surface area contributed by atoms with Gasteiger partial charge in [-0.05, 0) is 41.8 Å². The SMILES string of the molecule is CCCCCCCN(C)c1ccc(C=Cc2ccc([N+](=O)[O-])cc2)cc1. The lowest BCUT2D eigenvalue weighted by molar-refractivity contribution is -0.384. The van der Waals surface area contributed by atoms with Crippen LogP contribution in [0, 0.1) is 10.1 Å². The van der Waals surface area contributed by atoms with Crippen molar-refractivity contribution in [3.05, 3.63) is 69.8 Å². The number of unbranched alkanes of at least 4 members (excludes halogenated alkanes) is 4. The minimum Gasteiger partial charge on any atom is -0.375 e. The first kappa shape index (κ1) is 19.7. The highest BCUT2D eigenvalue weighted by atomic mass is 16.6. The molecule has 0 amide bonds. The Labute approximate surface area is 156 Å². The summed E-state index contributed by atoms with van der Waals surface area (Å²) in [5.74, 6) is 0. The number of non-ortho nitro benzene ring substituents is 1. The van der Waals surface area contributed by atoms with Gasteiger partial charge in [-0.15, -0.1) is 0 Å². The molecule has 0 N–H and O–H groups in total. The second-order valence-electron chi connectivity index (χ2n) is 6.61. The molecule has 0 aliphatic rings. The van der Waals surface area contributed by atoms with Crippen molar-refractivity contribution >= 4 is 23.5 Å². The predicted molar refractivity (Wildman–Crippen MR) is 110 cm³/mol. The smallest absolute Gasteiger partial charge is 0.269 e. The van der Waals surface area contributed by atoms with Gasteiger partial charge >= 0.3 is 0 Å². The lowest BCUT2D eigenvalue weighted by atomic mass is 10.1. The summed E-state index contributed by atoms with van der Waals surface area (Å²) in [4.78, 5) is 12.6. The molecule has 0 aliphatic heterocycles. The summed E-state index contributed by atoms with van der Waals surface area (Å²) in [7, 11) is 2.14. The van der Waals surface area contributed by atoms with Crippen molar-refractivity contribution in [3.63, 3.8) is 0 Å². The van der Waals surface area contributed by atoms with Crippen molar-refractivity contribution in [2.45, 2.75) is 39.0 Å². The van der Waals surface area contributed by atoms with Crippen LogP contribution in [0.2, 0.25) is 0 Å². The molecule has 4 nitrogen and oxygen atoms in total. The molecule has 2 aromatic carbocycles. The van der Waals surface area contributed by atoms with Gasteiger partial charge in [-0.3, -0.25) is 10.1 Å². The monoisotopic (exact) mass is 352 g/mol. The molecule has 26 heavy (non-hydrogen) atoms. The molecule has 4 heteroatoms. The Bertz CT molecular complexity index is 706. The highest BCUT2D eigenvalue weighted by Crippen LogP contribution is 2.18. The van der Waals surface area contributed by atoms with Crippen molar-refractivity contribution in [1.29, 1.82) is 0 Å². The van der Waals surface area contributed by atoms with E-state index in [1.54, 1.807) is 12.1 Å². The maximum Gasteiger partial charge on any atom is 0.269 e.